The Bertz CT molecular complexity index is 1520. The molecule has 9 heteroatoms. The molecule has 2 aromatic heterocycles. The summed E-state index contributed by atoms with van der Waals surface area (Å²) in [6, 6.07) is 16.4. The summed E-state index contributed by atoms with van der Waals surface area (Å²) in [4.78, 5) is 25.0. The monoisotopic (exact) mass is 515 g/mol. The number of nitrogens with zero attached hydrogens (tertiary/aromatic N) is 5. The predicted octanol–water partition coefficient (Wildman–Crippen LogP) is 4.42. The fraction of sp³-hybridized carbons (Fsp3) is 0.276. The SMILES string of the molecule is [C-]#[N+]c1ccc2c(n1)c(N1C[C@H](CO)N(C(c3ccc(F)cc3)c3ccc(F)cc3)C[C@H]1C)cc(=O)n2C. The number of fused-ring (bicyclic) bond motifs is 1. The van der Waals surface area contributed by atoms with E-state index in [1.807, 2.05) is 11.8 Å². The number of hydrogen-bond acceptors (Lipinski definition) is 5. The maximum absolute atomic E-state index is 13.8. The zero-order valence-electron chi connectivity index (χ0n) is 21.1. The van der Waals surface area contributed by atoms with Crippen LogP contribution in [-0.2, 0) is 7.05 Å². The van der Waals surface area contributed by atoms with Crippen LogP contribution in [0.2, 0.25) is 0 Å². The molecule has 0 radical (unpaired) electrons. The smallest absolute Gasteiger partial charge is 0.270 e. The highest BCUT2D eigenvalue weighted by Gasteiger charge is 2.38. The molecule has 4 aromatic rings. The van der Waals surface area contributed by atoms with E-state index in [2.05, 4.69) is 14.7 Å². The number of rotatable bonds is 5. The quantitative estimate of drug-likeness (QED) is 0.399. The first-order chi connectivity index (χ1) is 18.3. The second-order valence-corrected chi connectivity index (χ2v) is 9.62. The average Bonchev–Trinajstić information content (AvgIpc) is 2.93. The Morgan fingerprint density at radius 1 is 1.03 bits per heavy atom. The van der Waals surface area contributed by atoms with Crippen LogP contribution in [0.1, 0.15) is 24.1 Å². The van der Waals surface area contributed by atoms with Gasteiger partial charge in [0.1, 0.15) is 11.6 Å². The van der Waals surface area contributed by atoms with Gasteiger partial charge in [-0.3, -0.25) is 9.69 Å². The molecule has 0 amide bonds. The van der Waals surface area contributed by atoms with Crippen molar-refractivity contribution in [3.8, 4) is 0 Å². The number of halogens is 2. The first-order valence-corrected chi connectivity index (χ1v) is 12.3. The van der Waals surface area contributed by atoms with Gasteiger partial charge in [-0.25, -0.2) is 8.78 Å². The van der Waals surface area contributed by atoms with Crippen LogP contribution in [0.4, 0.5) is 20.3 Å². The summed E-state index contributed by atoms with van der Waals surface area (Å²) in [6.45, 7) is 10.1. The van der Waals surface area contributed by atoms with Gasteiger partial charge < -0.3 is 19.4 Å². The van der Waals surface area contributed by atoms with E-state index in [9.17, 15) is 18.7 Å². The van der Waals surface area contributed by atoms with Crippen LogP contribution in [-0.4, -0.2) is 51.3 Å². The van der Waals surface area contributed by atoms with Crippen LogP contribution < -0.4 is 10.5 Å². The number of hydrogen-bond donors (Lipinski definition) is 1. The molecule has 194 valence electrons. The number of aliphatic hydroxyl groups excluding tert-OH is 1. The number of benzene rings is 2. The molecule has 2 aromatic carbocycles. The molecule has 0 aliphatic carbocycles. The molecule has 1 aliphatic rings. The van der Waals surface area contributed by atoms with Gasteiger partial charge in [0.15, 0.2) is 0 Å². The molecule has 0 spiro atoms. The van der Waals surface area contributed by atoms with Gasteiger partial charge in [0.2, 0.25) is 5.52 Å². The Kier molecular flexibility index (Phi) is 6.93. The van der Waals surface area contributed by atoms with Crippen LogP contribution in [0.25, 0.3) is 15.9 Å². The second-order valence-electron chi connectivity index (χ2n) is 9.62. The maximum Gasteiger partial charge on any atom is 0.270 e. The van der Waals surface area contributed by atoms with Gasteiger partial charge in [0.25, 0.3) is 11.4 Å². The first-order valence-electron chi connectivity index (χ1n) is 12.3. The number of aromatic nitrogens is 2. The summed E-state index contributed by atoms with van der Waals surface area (Å²) in [5, 5.41) is 10.5. The largest absolute Gasteiger partial charge is 0.395 e. The lowest BCUT2D eigenvalue weighted by Crippen LogP contribution is -2.60. The van der Waals surface area contributed by atoms with Crippen LogP contribution in [0, 0.1) is 18.2 Å². The van der Waals surface area contributed by atoms with Gasteiger partial charge in [0, 0.05) is 32.2 Å². The second kappa shape index (κ2) is 10.3. The minimum Gasteiger partial charge on any atom is -0.395 e. The van der Waals surface area contributed by atoms with E-state index in [0.717, 1.165) is 11.1 Å². The molecule has 7 nitrogen and oxygen atoms in total. The predicted molar refractivity (Wildman–Crippen MR) is 142 cm³/mol. The zero-order chi connectivity index (χ0) is 27.0. The average molecular weight is 516 g/mol. The molecule has 0 unspecified atom stereocenters. The normalized spacial score (nSPS) is 18.2. The van der Waals surface area contributed by atoms with E-state index in [4.69, 9.17) is 6.57 Å². The van der Waals surface area contributed by atoms with Crippen LogP contribution in [0.3, 0.4) is 0 Å². The van der Waals surface area contributed by atoms with E-state index in [-0.39, 0.29) is 47.7 Å². The highest BCUT2D eigenvalue weighted by atomic mass is 19.1. The fourth-order valence-corrected chi connectivity index (χ4v) is 5.33. The van der Waals surface area contributed by atoms with Gasteiger partial charge in [-0.1, -0.05) is 30.8 Å². The van der Waals surface area contributed by atoms with Gasteiger partial charge >= 0.3 is 0 Å². The lowest BCUT2D eigenvalue weighted by Gasteiger charge is -2.49. The van der Waals surface area contributed by atoms with Crippen molar-refractivity contribution in [2.24, 2.45) is 7.05 Å². The molecule has 0 bridgehead atoms. The molecule has 1 N–H and O–H groups in total. The molecule has 38 heavy (non-hydrogen) atoms. The molecular weight excluding hydrogens is 488 g/mol. The molecule has 3 heterocycles. The van der Waals surface area contributed by atoms with Crippen molar-refractivity contribution >= 4 is 22.5 Å². The van der Waals surface area contributed by atoms with Crippen molar-refractivity contribution in [1.82, 2.24) is 14.5 Å². The van der Waals surface area contributed by atoms with Crippen LogP contribution >= 0.6 is 0 Å². The van der Waals surface area contributed by atoms with Gasteiger partial charge in [-0.05, 0) is 54.4 Å². The Hall–Kier alpha value is -4.13. The summed E-state index contributed by atoms with van der Waals surface area (Å²) in [5.74, 6) is -0.477. The molecule has 1 aliphatic heterocycles. The summed E-state index contributed by atoms with van der Waals surface area (Å²) in [7, 11) is 1.67. The highest BCUT2D eigenvalue weighted by Crippen LogP contribution is 2.36. The minimum absolute atomic E-state index is 0.116. The van der Waals surface area contributed by atoms with E-state index < -0.39 is 0 Å². The van der Waals surface area contributed by atoms with Crippen molar-refractivity contribution in [3.63, 3.8) is 0 Å². The third-order valence-corrected chi connectivity index (χ3v) is 7.28. The van der Waals surface area contributed by atoms with E-state index >= 15 is 0 Å². The summed E-state index contributed by atoms with van der Waals surface area (Å²) < 4.78 is 29.0. The standard InChI is InChI=1S/C29H27F2N5O2/c1-18-15-36(29(19-4-8-21(30)9-5-19)20-6-10-22(31)11-7-20)23(17-37)16-35(18)25-14-27(38)34(3)24-12-13-26(32-2)33-28(24)25/h4-14,18,23,29,37H,15-17H2,1,3H3/t18-,23-/m1/s1. The van der Waals surface area contributed by atoms with Crippen molar-refractivity contribution in [3.05, 3.63) is 111 Å². The van der Waals surface area contributed by atoms with Crippen LogP contribution in [0.15, 0.2) is 71.5 Å². The Labute approximate surface area is 219 Å². The van der Waals surface area contributed by atoms with Crippen LogP contribution in [0.5, 0.6) is 0 Å². The van der Waals surface area contributed by atoms with E-state index in [0.29, 0.717) is 29.8 Å². The zero-order valence-corrected chi connectivity index (χ0v) is 21.1. The van der Waals surface area contributed by atoms with Gasteiger partial charge in [-0.2, -0.15) is 0 Å². The number of pyridine rings is 2. The Balaban J connectivity index is 1.58. The minimum atomic E-state index is -0.366. The van der Waals surface area contributed by atoms with Crippen molar-refractivity contribution in [2.75, 3.05) is 24.6 Å². The van der Waals surface area contributed by atoms with Crippen molar-refractivity contribution in [1.29, 1.82) is 0 Å². The number of piperazine rings is 1. The third-order valence-electron chi connectivity index (χ3n) is 7.28. The lowest BCUT2D eigenvalue weighted by atomic mass is 9.93. The maximum atomic E-state index is 13.8. The summed E-state index contributed by atoms with van der Waals surface area (Å²) in [6.07, 6.45) is 0. The number of anilines is 1. The molecule has 0 saturated carbocycles. The summed E-state index contributed by atoms with van der Waals surface area (Å²) >= 11 is 0. The number of aliphatic hydroxyl groups is 1. The lowest BCUT2D eigenvalue weighted by molar-refractivity contribution is 0.0727. The van der Waals surface area contributed by atoms with Crippen molar-refractivity contribution in [2.45, 2.75) is 25.0 Å². The Morgan fingerprint density at radius 2 is 1.63 bits per heavy atom. The Morgan fingerprint density at radius 3 is 2.18 bits per heavy atom. The van der Waals surface area contributed by atoms with E-state index in [1.54, 1.807) is 43.4 Å². The molecule has 2 atom stereocenters. The molecule has 1 saturated heterocycles. The van der Waals surface area contributed by atoms with E-state index in [1.165, 1.54) is 34.9 Å². The molecular formula is C29H27F2N5O2. The highest BCUT2D eigenvalue weighted by molar-refractivity contribution is 5.89. The van der Waals surface area contributed by atoms with Gasteiger partial charge in [0.05, 0.1) is 29.9 Å². The third kappa shape index (κ3) is 4.64. The number of aryl methyl sites for hydroxylation is 1. The summed E-state index contributed by atoms with van der Waals surface area (Å²) in [5.41, 5.74) is 3.21. The molecule has 5 rings (SSSR count). The topological polar surface area (TPSA) is 66.0 Å². The van der Waals surface area contributed by atoms with Gasteiger partial charge in [-0.15, -0.1) is 4.98 Å². The van der Waals surface area contributed by atoms with Crippen molar-refractivity contribution < 1.29 is 13.9 Å². The molecule has 1 fully saturated rings. The fourth-order valence-electron chi connectivity index (χ4n) is 5.33. The first kappa shape index (κ1) is 25.5.